The van der Waals surface area contributed by atoms with Crippen molar-refractivity contribution in [1.29, 1.82) is 0 Å². The number of thiophene rings is 1. The third kappa shape index (κ3) is 3.36. The predicted octanol–water partition coefficient (Wildman–Crippen LogP) is 4.04. The summed E-state index contributed by atoms with van der Waals surface area (Å²) in [5, 5.41) is 3.43. The first-order valence-electron chi connectivity index (χ1n) is 9.14. The van der Waals surface area contributed by atoms with Crippen LogP contribution in [0, 0.1) is 0 Å². The zero-order chi connectivity index (χ0) is 20.5. The van der Waals surface area contributed by atoms with Crippen molar-refractivity contribution < 1.29 is 23.5 Å². The summed E-state index contributed by atoms with van der Waals surface area (Å²) in [5.74, 6) is 0.697. The highest BCUT2D eigenvalue weighted by atomic mass is 32.1. The minimum Gasteiger partial charge on any atom is -0.493 e. The van der Waals surface area contributed by atoms with Gasteiger partial charge in [0.25, 0.3) is 0 Å². The summed E-state index contributed by atoms with van der Waals surface area (Å²) < 4.78 is 16.2. The Morgan fingerprint density at radius 1 is 1.34 bits per heavy atom. The van der Waals surface area contributed by atoms with Crippen molar-refractivity contribution in [2.45, 2.75) is 19.3 Å². The number of furan rings is 1. The topological polar surface area (TPSA) is 104 Å². The maximum absolute atomic E-state index is 12.8. The highest BCUT2D eigenvalue weighted by Crippen LogP contribution is 2.48. The van der Waals surface area contributed by atoms with Crippen LogP contribution >= 0.6 is 11.3 Å². The average molecular weight is 412 g/mol. The monoisotopic (exact) mass is 412 g/mol. The largest absolute Gasteiger partial charge is 0.493 e. The fourth-order valence-electron chi connectivity index (χ4n) is 3.51. The first-order chi connectivity index (χ1) is 14.0. The molecule has 1 aliphatic heterocycles. The molecule has 1 aromatic carbocycles. The molecule has 0 saturated carbocycles. The minimum atomic E-state index is -0.301. The number of carbonyl (C=O) groups excluding carboxylic acids is 2. The first-order valence-corrected chi connectivity index (χ1v) is 9.96. The molecule has 0 radical (unpaired) electrons. The van der Waals surface area contributed by atoms with Gasteiger partial charge in [0.15, 0.2) is 17.3 Å². The van der Waals surface area contributed by atoms with E-state index in [1.54, 1.807) is 19.2 Å². The molecule has 150 valence electrons. The van der Waals surface area contributed by atoms with E-state index in [4.69, 9.17) is 19.6 Å². The van der Waals surface area contributed by atoms with Gasteiger partial charge in [-0.25, -0.2) is 0 Å². The third-order valence-electron chi connectivity index (χ3n) is 4.82. The van der Waals surface area contributed by atoms with Crippen LogP contribution in [0.5, 0.6) is 11.5 Å². The highest BCUT2D eigenvalue weighted by Gasteiger charge is 2.34. The van der Waals surface area contributed by atoms with Crippen LogP contribution in [0.15, 0.2) is 41.0 Å². The smallest absolute Gasteiger partial charge is 0.240 e. The van der Waals surface area contributed by atoms with Gasteiger partial charge in [0.1, 0.15) is 9.88 Å². The minimum absolute atomic E-state index is 0.130. The van der Waals surface area contributed by atoms with Gasteiger partial charge in [0.05, 0.1) is 25.7 Å². The Morgan fingerprint density at radius 2 is 2.17 bits per heavy atom. The van der Waals surface area contributed by atoms with Crippen molar-refractivity contribution in [3.63, 3.8) is 0 Å². The predicted molar refractivity (Wildman–Crippen MR) is 110 cm³/mol. The fourth-order valence-corrected chi connectivity index (χ4v) is 4.66. The van der Waals surface area contributed by atoms with E-state index in [0.717, 1.165) is 11.1 Å². The number of ether oxygens (including phenoxy) is 2. The number of benzene rings is 1. The van der Waals surface area contributed by atoms with Crippen LogP contribution in [0.3, 0.4) is 0 Å². The lowest BCUT2D eigenvalue weighted by atomic mass is 9.86. The molecule has 3 N–H and O–H groups in total. The molecule has 1 aliphatic rings. The van der Waals surface area contributed by atoms with Gasteiger partial charge in [0.2, 0.25) is 11.7 Å². The van der Waals surface area contributed by atoms with Crippen molar-refractivity contribution >= 4 is 33.7 Å². The van der Waals surface area contributed by atoms with E-state index < -0.39 is 0 Å². The van der Waals surface area contributed by atoms with E-state index in [1.165, 1.54) is 17.6 Å². The number of hydrogen-bond acceptors (Lipinski definition) is 7. The van der Waals surface area contributed by atoms with Gasteiger partial charge >= 0.3 is 0 Å². The van der Waals surface area contributed by atoms with E-state index >= 15 is 0 Å². The van der Waals surface area contributed by atoms with Gasteiger partial charge in [-0.3, -0.25) is 9.59 Å². The summed E-state index contributed by atoms with van der Waals surface area (Å²) in [5.41, 5.74) is 8.38. The number of ketones is 1. The summed E-state index contributed by atoms with van der Waals surface area (Å²) in [6.45, 7) is 2.38. The number of nitrogens with two attached hydrogens (primary N) is 1. The number of carbonyl (C=O) groups is 2. The molecule has 7 nitrogen and oxygen atoms in total. The van der Waals surface area contributed by atoms with Gasteiger partial charge < -0.3 is 24.9 Å². The van der Waals surface area contributed by atoms with E-state index in [-0.39, 0.29) is 29.8 Å². The van der Waals surface area contributed by atoms with Crippen LogP contribution in [0.1, 0.15) is 45.8 Å². The Bertz CT molecular complexity index is 1070. The third-order valence-corrected chi connectivity index (χ3v) is 5.95. The number of rotatable bonds is 6. The molecule has 3 aromatic rings. The Hall–Kier alpha value is -3.26. The number of nitrogen functional groups attached to an aromatic ring is 1. The van der Waals surface area contributed by atoms with Gasteiger partial charge in [-0.15, -0.1) is 11.3 Å². The molecule has 8 heteroatoms. The summed E-state index contributed by atoms with van der Waals surface area (Å²) in [4.78, 5) is 25.5. The van der Waals surface area contributed by atoms with E-state index in [2.05, 4.69) is 5.32 Å². The molecular weight excluding hydrogens is 392 g/mol. The lowest BCUT2D eigenvalue weighted by Crippen LogP contribution is -2.22. The Labute approximate surface area is 171 Å². The second-order valence-corrected chi connectivity index (χ2v) is 7.56. The second-order valence-electron chi connectivity index (χ2n) is 6.54. The van der Waals surface area contributed by atoms with Crippen molar-refractivity contribution in [2.75, 3.05) is 24.8 Å². The number of nitrogens with one attached hydrogen (secondary N) is 1. The molecule has 0 bridgehead atoms. The molecule has 3 heterocycles. The number of methoxy groups -OCH3 is 1. The summed E-state index contributed by atoms with van der Waals surface area (Å²) >= 11 is 1.17. The van der Waals surface area contributed by atoms with Gasteiger partial charge in [-0.1, -0.05) is 6.07 Å². The highest BCUT2D eigenvalue weighted by molar-refractivity contribution is 7.19. The molecule has 0 unspecified atom stereocenters. The SMILES string of the molecule is CCOc1cc([C@H]2CC(=O)Nc3sc(C(=O)c4ccco4)c(N)c32)ccc1OC. The van der Waals surface area contributed by atoms with Crippen LogP contribution in [-0.4, -0.2) is 25.4 Å². The maximum atomic E-state index is 12.8. The van der Waals surface area contributed by atoms with Crippen molar-refractivity contribution in [1.82, 2.24) is 0 Å². The second kappa shape index (κ2) is 7.63. The number of amides is 1. The lowest BCUT2D eigenvalue weighted by Gasteiger charge is -2.24. The van der Waals surface area contributed by atoms with Gasteiger partial charge in [0, 0.05) is 17.9 Å². The van der Waals surface area contributed by atoms with E-state index in [0.29, 0.717) is 33.7 Å². The molecule has 29 heavy (non-hydrogen) atoms. The van der Waals surface area contributed by atoms with Crippen molar-refractivity contribution in [3.05, 3.63) is 58.4 Å². The van der Waals surface area contributed by atoms with Crippen LogP contribution in [0.4, 0.5) is 10.7 Å². The summed E-state index contributed by atoms with van der Waals surface area (Å²) in [7, 11) is 1.58. The lowest BCUT2D eigenvalue weighted by molar-refractivity contribution is -0.116. The summed E-state index contributed by atoms with van der Waals surface area (Å²) in [6.07, 6.45) is 1.66. The molecule has 4 rings (SSSR count). The molecule has 0 spiro atoms. The summed E-state index contributed by atoms with van der Waals surface area (Å²) in [6, 6.07) is 8.80. The molecule has 0 aliphatic carbocycles. The number of hydrogen-bond donors (Lipinski definition) is 2. The average Bonchev–Trinajstić information content (AvgIpc) is 3.36. The first kappa shape index (κ1) is 19.1. The van der Waals surface area contributed by atoms with Crippen molar-refractivity contribution in [3.8, 4) is 11.5 Å². The van der Waals surface area contributed by atoms with Crippen LogP contribution in [0.2, 0.25) is 0 Å². The van der Waals surface area contributed by atoms with Gasteiger partial charge in [-0.2, -0.15) is 0 Å². The number of anilines is 2. The van der Waals surface area contributed by atoms with Crippen LogP contribution < -0.4 is 20.5 Å². The Morgan fingerprint density at radius 3 is 2.86 bits per heavy atom. The Kier molecular flexibility index (Phi) is 5.02. The van der Waals surface area contributed by atoms with Gasteiger partial charge in [-0.05, 0) is 36.8 Å². The van der Waals surface area contributed by atoms with Crippen molar-refractivity contribution in [2.24, 2.45) is 0 Å². The zero-order valence-corrected chi connectivity index (χ0v) is 16.8. The van der Waals surface area contributed by atoms with Crippen LogP contribution in [-0.2, 0) is 4.79 Å². The maximum Gasteiger partial charge on any atom is 0.240 e. The Balaban J connectivity index is 1.79. The normalized spacial score (nSPS) is 15.5. The molecule has 1 amide bonds. The molecular formula is C21H20N2O5S. The van der Waals surface area contributed by atoms with Crippen LogP contribution in [0.25, 0.3) is 0 Å². The van der Waals surface area contributed by atoms with E-state index in [9.17, 15) is 9.59 Å². The molecule has 0 saturated heterocycles. The quantitative estimate of drug-likeness (QED) is 0.592. The molecule has 1 atom stereocenters. The zero-order valence-electron chi connectivity index (χ0n) is 16.0. The standard InChI is InChI=1S/C21H20N2O5S/c1-3-27-15-9-11(6-7-13(15)26-2)12-10-16(24)23-21-17(12)18(22)20(29-21)19(25)14-5-4-8-28-14/h4-9,12H,3,10,22H2,1-2H3,(H,23,24)/t12-/m1/s1. The number of fused-ring (bicyclic) bond motifs is 1. The van der Waals surface area contributed by atoms with E-state index in [1.807, 2.05) is 25.1 Å². The molecule has 0 fully saturated rings. The fraction of sp³-hybridized carbons (Fsp3) is 0.238. The molecule has 2 aromatic heterocycles.